The molecule has 7 nitrogen and oxygen atoms in total. The van der Waals surface area contributed by atoms with Crippen molar-refractivity contribution in [2.45, 2.75) is 59.5 Å². The Bertz CT molecular complexity index is 573. The van der Waals surface area contributed by atoms with Gasteiger partial charge in [-0.25, -0.2) is 4.68 Å². The maximum Gasteiger partial charge on any atom is 0.273 e. The van der Waals surface area contributed by atoms with E-state index in [0.29, 0.717) is 12.2 Å². The zero-order chi connectivity index (χ0) is 17.2. The van der Waals surface area contributed by atoms with Crippen molar-refractivity contribution < 1.29 is 9.59 Å². The van der Waals surface area contributed by atoms with E-state index in [1.54, 1.807) is 10.9 Å². The molecule has 2 rings (SSSR count). The number of aromatic nitrogens is 3. The molecule has 0 saturated carbocycles. The van der Waals surface area contributed by atoms with Crippen molar-refractivity contribution in [1.82, 2.24) is 25.2 Å². The van der Waals surface area contributed by atoms with Crippen LogP contribution in [-0.4, -0.2) is 50.8 Å². The van der Waals surface area contributed by atoms with Crippen LogP contribution in [0.2, 0.25) is 0 Å². The molecule has 1 aromatic heterocycles. The van der Waals surface area contributed by atoms with Gasteiger partial charge in [0.1, 0.15) is 0 Å². The second-order valence-corrected chi connectivity index (χ2v) is 7.51. The van der Waals surface area contributed by atoms with Crippen molar-refractivity contribution in [3.05, 3.63) is 11.9 Å². The largest absolute Gasteiger partial charge is 0.348 e. The van der Waals surface area contributed by atoms with Crippen LogP contribution in [0.15, 0.2) is 6.20 Å². The highest BCUT2D eigenvalue weighted by Gasteiger charge is 2.32. The number of carbonyl (C=O) groups excluding carboxylic acids is 2. The molecule has 1 aliphatic heterocycles. The Hall–Kier alpha value is -1.92. The molecule has 7 heteroatoms. The maximum absolute atomic E-state index is 12.4. The van der Waals surface area contributed by atoms with Crippen LogP contribution in [0.5, 0.6) is 0 Å². The highest BCUT2D eigenvalue weighted by atomic mass is 16.2. The number of piperidine rings is 1. The molecule has 0 aromatic carbocycles. The van der Waals surface area contributed by atoms with Gasteiger partial charge in [0.2, 0.25) is 5.91 Å². The molecule has 1 aliphatic rings. The Balaban J connectivity index is 2.06. The summed E-state index contributed by atoms with van der Waals surface area (Å²) in [5, 5.41) is 10.9. The molecule has 2 amide bonds. The van der Waals surface area contributed by atoms with Gasteiger partial charge in [-0.1, -0.05) is 26.0 Å². The second kappa shape index (κ2) is 6.68. The van der Waals surface area contributed by atoms with Crippen LogP contribution in [0.3, 0.4) is 0 Å². The fraction of sp³-hybridized carbons (Fsp3) is 0.750. The first kappa shape index (κ1) is 17.4. The Morgan fingerprint density at radius 3 is 2.65 bits per heavy atom. The average Bonchev–Trinajstić information content (AvgIpc) is 2.95. The van der Waals surface area contributed by atoms with Gasteiger partial charge in [-0.3, -0.25) is 9.59 Å². The van der Waals surface area contributed by atoms with E-state index in [4.69, 9.17) is 0 Å². The highest BCUT2D eigenvalue weighted by molar-refractivity contribution is 5.92. The third kappa shape index (κ3) is 4.30. The SMILES string of the molecule is CC(C)NC(=O)c1cn(C2CCCN(C(=O)C(C)(C)C)C2)nn1. The van der Waals surface area contributed by atoms with Crippen LogP contribution in [0.4, 0.5) is 0 Å². The summed E-state index contributed by atoms with van der Waals surface area (Å²) in [6.45, 7) is 11.0. The minimum atomic E-state index is -0.382. The molecule has 1 unspecified atom stereocenters. The van der Waals surface area contributed by atoms with E-state index >= 15 is 0 Å². The van der Waals surface area contributed by atoms with E-state index in [1.807, 2.05) is 39.5 Å². The molecule has 0 spiro atoms. The normalized spacial score (nSPS) is 19.0. The number of rotatable bonds is 3. The van der Waals surface area contributed by atoms with Crippen molar-refractivity contribution in [2.75, 3.05) is 13.1 Å². The van der Waals surface area contributed by atoms with Gasteiger partial charge in [0, 0.05) is 24.5 Å². The smallest absolute Gasteiger partial charge is 0.273 e. The number of nitrogens with one attached hydrogen (secondary N) is 1. The van der Waals surface area contributed by atoms with Crippen molar-refractivity contribution >= 4 is 11.8 Å². The predicted octanol–water partition coefficient (Wildman–Crippen LogP) is 1.63. The number of likely N-dealkylation sites (tertiary alicyclic amines) is 1. The fourth-order valence-electron chi connectivity index (χ4n) is 2.72. The highest BCUT2D eigenvalue weighted by Crippen LogP contribution is 2.25. The molecule has 0 bridgehead atoms. The third-order valence-electron chi connectivity index (χ3n) is 3.86. The zero-order valence-electron chi connectivity index (χ0n) is 14.7. The molecule has 1 saturated heterocycles. The molecular weight excluding hydrogens is 294 g/mol. The first-order valence-electron chi connectivity index (χ1n) is 8.20. The van der Waals surface area contributed by atoms with Gasteiger partial charge in [-0.05, 0) is 26.7 Å². The van der Waals surface area contributed by atoms with Gasteiger partial charge < -0.3 is 10.2 Å². The second-order valence-electron chi connectivity index (χ2n) is 7.51. The van der Waals surface area contributed by atoms with Crippen LogP contribution in [0.1, 0.15) is 64.0 Å². The predicted molar refractivity (Wildman–Crippen MR) is 86.9 cm³/mol. The summed E-state index contributed by atoms with van der Waals surface area (Å²) in [5.41, 5.74) is -0.0648. The summed E-state index contributed by atoms with van der Waals surface area (Å²) in [7, 11) is 0. The van der Waals surface area contributed by atoms with Crippen molar-refractivity contribution in [3.63, 3.8) is 0 Å². The standard InChI is InChI=1S/C16H27N5O2/c1-11(2)17-14(22)13-10-21(19-18-13)12-7-6-8-20(9-12)15(23)16(3,4)5/h10-12H,6-9H2,1-5H3,(H,17,22). The van der Waals surface area contributed by atoms with E-state index in [1.165, 1.54) is 0 Å². The molecular formula is C16H27N5O2. The van der Waals surface area contributed by atoms with Gasteiger partial charge in [0.05, 0.1) is 12.2 Å². The number of hydrogen-bond donors (Lipinski definition) is 1. The molecule has 128 valence electrons. The molecule has 1 N–H and O–H groups in total. The molecule has 1 fully saturated rings. The Morgan fingerprint density at radius 2 is 2.04 bits per heavy atom. The van der Waals surface area contributed by atoms with E-state index in [9.17, 15) is 9.59 Å². The first-order valence-corrected chi connectivity index (χ1v) is 8.20. The van der Waals surface area contributed by atoms with E-state index < -0.39 is 0 Å². The van der Waals surface area contributed by atoms with Crippen LogP contribution in [0, 0.1) is 5.41 Å². The Kier molecular flexibility index (Phi) is 5.06. The molecule has 0 radical (unpaired) electrons. The van der Waals surface area contributed by atoms with Gasteiger partial charge >= 0.3 is 0 Å². The number of amides is 2. The van der Waals surface area contributed by atoms with Crippen LogP contribution in [0.25, 0.3) is 0 Å². The lowest BCUT2D eigenvalue weighted by atomic mass is 9.93. The summed E-state index contributed by atoms with van der Waals surface area (Å²) in [6, 6.07) is 0.130. The van der Waals surface area contributed by atoms with Crippen molar-refractivity contribution in [1.29, 1.82) is 0 Å². The van der Waals surface area contributed by atoms with Gasteiger partial charge in [0.25, 0.3) is 5.91 Å². The van der Waals surface area contributed by atoms with E-state index in [0.717, 1.165) is 19.4 Å². The Labute approximate surface area is 137 Å². The zero-order valence-corrected chi connectivity index (χ0v) is 14.7. The fourth-order valence-corrected chi connectivity index (χ4v) is 2.72. The van der Waals surface area contributed by atoms with Crippen molar-refractivity contribution in [2.24, 2.45) is 5.41 Å². The average molecular weight is 321 g/mol. The maximum atomic E-state index is 12.4. The molecule has 1 aromatic rings. The summed E-state index contributed by atoms with van der Waals surface area (Å²) in [6.07, 6.45) is 3.54. The topological polar surface area (TPSA) is 80.1 Å². The number of nitrogens with zero attached hydrogens (tertiary/aromatic N) is 4. The first-order chi connectivity index (χ1) is 10.7. The minimum Gasteiger partial charge on any atom is -0.348 e. The monoisotopic (exact) mass is 321 g/mol. The third-order valence-corrected chi connectivity index (χ3v) is 3.86. The molecule has 2 heterocycles. The molecule has 23 heavy (non-hydrogen) atoms. The van der Waals surface area contributed by atoms with Crippen LogP contribution in [-0.2, 0) is 4.79 Å². The minimum absolute atomic E-state index is 0.0576. The summed E-state index contributed by atoms with van der Waals surface area (Å²) in [4.78, 5) is 26.3. The summed E-state index contributed by atoms with van der Waals surface area (Å²) < 4.78 is 1.72. The van der Waals surface area contributed by atoms with E-state index in [-0.39, 0.29) is 29.3 Å². The Morgan fingerprint density at radius 1 is 1.35 bits per heavy atom. The molecule has 0 aliphatic carbocycles. The lowest BCUT2D eigenvalue weighted by molar-refractivity contribution is -0.141. The van der Waals surface area contributed by atoms with Crippen molar-refractivity contribution in [3.8, 4) is 0 Å². The van der Waals surface area contributed by atoms with Gasteiger partial charge in [0.15, 0.2) is 5.69 Å². The van der Waals surface area contributed by atoms with E-state index in [2.05, 4.69) is 15.6 Å². The quantitative estimate of drug-likeness (QED) is 0.917. The summed E-state index contributed by atoms with van der Waals surface area (Å²) >= 11 is 0. The van der Waals surface area contributed by atoms with Gasteiger partial charge in [-0.15, -0.1) is 5.10 Å². The molecule has 1 atom stereocenters. The number of carbonyl (C=O) groups is 2. The van der Waals surface area contributed by atoms with Gasteiger partial charge in [-0.2, -0.15) is 0 Å². The number of hydrogen-bond acceptors (Lipinski definition) is 4. The lowest BCUT2D eigenvalue weighted by Gasteiger charge is -2.36. The summed E-state index contributed by atoms with van der Waals surface area (Å²) in [5.74, 6) is -0.0650. The van der Waals surface area contributed by atoms with Crippen LogP contribution < -0.4 is 5.32 Å². The lowest BCUT2D eigenvalue weighted by Crippen LogP contribution is -2.45. The van der Waals surface area contributed by atoms with Crippen LogP contribution >= 0.6 is 0 Å².